The Morgan fingerprint density at radius 1 is 1.47 bits per heavy atom. The molecule has 0 unspecified atom stereocenters. The van der Waals surface area contributed by atoms with Gasteiger partial charge in [0.15, 0.2) is 0 Å². The van der Waals surface area contributed by atoms with Crippen LogP contribution in [-0.4, -0.2) is 0 Å². The van der Waals surface area contributed by atoms with Crippen LogP contribution in [0, 0.1) is 17.3 Å². The molecule has 1 saturated carbocycles. The third kappa shape index (κ3) is 1.68. The van der Waals surface area contributed by atoms with Crippen LogP contribution in [-0.2, 0) is 0 Å². The lowest BCUT2D eigenvalue weighted by atomic mass is 9.64. The second-order valence-corrected chi connectivity index (χ2v) is 5.81. The van der Waals surface area contributed by atoms with Crippen molar-refractivity contribution in [1.82, 2.24) is 0 Å². The van der Waals surface area contributed by atoms with E-state index in [1.165, 1.54) is 37.7 Å². The van der Waals surface area contributed by atoms with Gasteiger partial charge < -0.3 is 0 Å². The number of hydrogen-bond acceptors (Lipinski definition) is 0. The normalized spacial score (nSPS) is 40.6. The quantitative estimate of drug-likeness (QED) is 0.542. The lowest BCUT2D eigenvalue weighted by Gasteiger charge is -2.40. The molecule has 0 heterocycles. The van der Waals surface area contributed by atoms with Crippen LogP contribution in [0.15, 0.2) is 23.8 Å². The van der Waals surface area contributed by atoms with Crippen molar-refractivity contribution < 1.29 is 0 Å². The van der Waals surface area contributed by atoms with Crippen LogP contribution in [0.5, 0.6) is 0 Å². The first kappa shape index (κ1) is 11.0. The Balaban J connectivity index is 2.23. The molecule has 0 aromatic rings. The summed E-state index contributed by atoms with van der Waals surface area (Å²) in [6.07, 6.45) is 9.30. The van der Waals surface area contributed by atoms with Gasteiger partial charge >= 0.3 is 0 Å². The van der Waals surface area contributed by atoms with Crippen LogP contribution in [0.4, 0.5) is 0 Å². The first-order chi connectivity index (χ1) is 7.06. The number of hydrogen-bond donors (Lipinski definition) is 0. The molecule has 0 aliphatic heterocycles. The van der Waals surface area contributed by atoms with Crippen molar-refractivity contribution in [1.29, 1.82) is 0 Å². The molecule has 0 heteroatoms. The van der Waals surface area contributed by atoms with E-state index in [0.29, 0.717) is 5.41 Å². The summed E-state index contributed by atoms with van der Waals surface area (Å²) in [7, 11) is 0. The molecular weight excluding hydrogens is 180 g/mol. The second kappa shape index (κ2) is 3.81. The van der Waals surface area contributed by atoms with E-state index in [2.05, 4.69) is 33.4 Å². The summed E-state index contributed by atoms with van der Waals surface area (Å²) in [6, 6.07) is 0. The highest BCUT2D eigenvalue weighted by molar-refractivity contribution is 5.21. The smallest absolute Gasteiger partial charge is 0.00592 e. The lowest BCUT2D eigenvalue weighted by Crippen LogP contribution is -2.30. The van der Waals surface area contributed by atoms with Gasteiger partial charge in [-0.2, -0.15) is 0 Å². The van der Waals surface area contributed by atoms with Crippen molar-refractivity contribution in [3.8, 4) is 0 Å². The average molecular weight is 204 g/mol. The van der Waals surface area contributed by atoms with Crippen LogP contribution in [0.25, 0.3) is 0 Å². The van der Waals surface area contributed by atoms with E-state index in [9.17, 15) is 0 Å². The maximum absolute atomic E-state index is 4.15. The van der Waals surface area contributed by atoms with Crippen molar-refractivity contribution in [3.63, 3.8) is 0 Å². The molecule has 84 valence electrons. The zero-order valence-corrected chi connectivity index (χ0v) is 10.5. The van der Waals surface area contributed by atoms with E-state index in [-0.39, 0.29) is 0 Å². The average Bonchev–Trinajstić information content (AvgIpc) is 2.61. The minimum Gasteiger partial charge on any atom is -0.0999 e. The predicted octanol–water partition coefficient (Wildman–Crippen LogP) is 4.73. The van der Waals surface area contributed by atoms with Gasteiger partial charge in [-0.1, -0.05) is 30.7 Å². The molecule has 0 nitrogen and oxygen atoms in total. The van der Waals surface area contributed by atoms with Crippen molar-refractivity contribution >= 4 is 0 Å². The van der Waals surface area contributed by atoms with Crippen LogP contribution >= 0.6 is 0 Å². The Labute approximate surface area is 94.5 Å². The molecule has 0 aromatic heterocycles. The third-order valence-corrected chi connectivity index (χ3v) is 5.03. The van der Waals surface area contributed by atoms with Crippen LogP contribution in [0.3, 0.4) is 0 Å². The lowest BCUT2D eigenvalue weighted by molar-refractivity contribution is 0.204. The summed E-state index contributed by atoms with van der Waals surface area (Å²) in [5.41, 5.74) is 3.62. The summed E-state index contributed by atoms with van der Waals surface area (Å²) in [5, 5.41) is 0. The predicted molar refractivity (Wildman–Crippen MR) is 66.7 cm³/mol. The molecule has 2 aliphatic rings. The Kier molecular flexibility index (Phi) is 2.79. The highest BCUT2D eigenvalue weighted by Gasteiger charge is 2.45. The van der Waals surface area contributed by atoms with Crippen molar-refractivity contribution in [3.05, 3.63) is 23.8 Å². The van der Waals surface area contributed by atoms with Gasteiger partial charge in [-0.25, -0.2) is 0 Å². The molecule has 0 aromatic carbocycles. The van der Waals surface area contributed by atoms with Gasteiger partial charge in [-0.05, 0) is 63.2 Å². The first-order valence-corrected chi connectivity index (χ1v) is 6.39. The highest BCUT2D eigenvalue weighted by Crippen LogP contribution is 2.56. The van der Waals surface area contributed by atoms with E-state index in [1.54, 1.807) is 5.57 Å². The minimum atomic E-state index is 0.544. The Morgan fingerprint density at radius 2 is 2.20 bits per heavy atom. The van der Waals surface area contributed by atoms with Gasteiger partial charge in [0.2, 0.25) is 0 Å². The zero-order valence-electron chi connectivity index (χ0n) is 10.5. The summed E-state index contributed by atoms with van der Waals surface area (Å²) in [6.45, 7) is 11.2. The molecule has 0 bridgehead atoms. The molecule has 0 saturated heterocycles. The van der Waals surface area contributed by atoms with Crippen molar-refractivity contribution in [2.75, 3.05) is 0 Å². The van der Waals surface area contributed by atoms with E-state index in [4.69, 9.17) is 0 Å². The SMILES string of the molecule is C=C(C)[C@@H]1CC[C@@]2(C1)C(C)=CCC[C@@H]2C. The Hall–Kier alpha value is -0.520. The van der Waals surface area contributed by atoms with E-state index in [0.717, 1.165) is 11.8 Å². The molecule has 2 aliphatic carbocycles. The fourth-order valence-electron chi connectivity index (χ4n) is 3.72. The monoisotopic (exact) mass is 204 g/mol. The maximum atomic E-state index is 4.15. The molecule has 0 radical (unpaired) electrons. The highest BCUT2D eigenvalue weighted by atomic mass is 14.5. The third-order valence-electron chi connectivity index (χ3n) is 5.03. The first-order valence-electron chi connectivity index (χ1n) is 6.39. The Bertz CT molecular complexity index is 297. The molecule has 15 heavy (non-hydrogen) atoms. The number of rotatable bonds is 1. The summed E-state index contributed by atoms with van der Waals surface area (Å²) in [4.78, 5) is 0. The fourth-order valence-corrected chi connectivity index (χ4v) is 3.72. The Morgan fingerprint density at radius 3 is 2.73 bits per heavy atom. The topological polar surface area (TPSA) is 0 Å². The molecular formula is C15H24. The number of allylic oxidation sites excluding steroid dienone is 3. The fraction of sp³-hybridized carbons (Fsp3) is 0.733. The molecule has 1 fully saturated rings. The zero-order chi connectivity index (χ0) is 11.1. The van der Waals surface area contributed by atoms with Gasteiger partial charge in [0.05, 0.1) is 0 Å². The van der Waals surface area contributed by atoms with Crippen LogP contribution < -0.4 is 0 Å². The standard InChI is InChI=1S/C15H24/c1-11(2)14-8-9-15(10-14)12(3)6-5-7-13(15)4/h6,13-14H,1,5,7-10H2,2-4H3/t13-,14+,15+/m0/s1. The summed E-state index contributed by atoms with van der Waals surface area (Å²) < 4.78 is 0. The molecule has 3 atom stereocenters. The van der Waals surface area contributed by atoms with Crippen LogP contribution in [0.1, 0.15) is 52.9 Å². The molecule has 2 rings (SSSR count). The van der Waals surface area contributed by atoms with Crippen molar-refractivity contribution in [2.45, 2.75) is 52.9 Å². The largest absolute Gasteiger partial charge is 0.0999 e. The second-order valence-electron chi connectivity index (χ2n) is 5.81. The van der Waals surface area contributed by atoms with E-state index >= 15 is 0 Å². The van der Waals surface area contributed by atoms with Gasteiger partial charge in [0.1, 0.15) is 0 Å². The van der Waals surface area contributed by atoms with E-state index in [1.807, 2.05) is 0 Å². The maximum Gasteiger partial charge on any atom is -0.00592 e. The van der Waals surface area contributed by atoms with Gasteiger partial charge in [0.25, 0.3) is 0 Å². The van der Waals surface area contributed by atoms with Gasteiger partial charge in [-0.3, -0.25) is 0 Å². The molecule has 1 spiro atoms. The van der Waals surface area contributed by atoms with E-state index < -0.39 is 0 Å². The van der Waals surface area contributed by atoms with Gasteiger partial charge in [-0.15, -0.1) is 0 Å². The van der Waals surface area contributed by atoms with Crippen LogP contribution in [0.2, 0.25) is 0 Å². The summed E-state index contributed by atoms with van der Waals surface area (Å²) in [5.74, 6) is 1.67. The van der Waals surface area contributed by atoms with Gasteiger partial charge in [0, 0.05) is 0 Å². The minimum absolute atomic E-state index is 0.544. The molecule has 0 N–H and O–H groups in total. The molecule has 0 amide bonds. The van der Waals surface area contributed by atoms with Crippen molar-refractivity contribution in [2.24, 2.45) is 17.3 Å². The summed E-state index contributed by atoms with van der Waals surface area (Å²) >= 11 is 0.